The van der Waals surface area contributed by atoms with E-state index >= 15 is 0 Å². The van der Waals surface area contributed by atoms with Gasteiger partial charge in [0.15, 0.2) is 5.60 Å². The molecule has 0 aliphatic carbocycles. The van der Waals surface area contributed by atoms with Crippen molar-refractivity contribution in [3.8, 4) is 5.75 Å². The number of benzene rings is 2. The van der Waals surface area contributed by atoms with Crippen LogP contribution in [0.1, 0.15) is 71.6 Å². The highest BCUT2D eigenvalue weighted by Gasteiger charge is 2.36. The van der Waals surface area contributed by atoms with E-state index in [1.54, 1.807) is 12.1 Å². The van der Waals surface area contributed by atoms with Crippen molar-refractivity contribution in [2.75, 3.05) is 6.61 Å². The molecule has 0 fully saturated rings. The molecule has 0 aromatic heterocycles. The van der Waals surface area contributed by atoms with Crippen molar-refractivity contribution in [3.63, 3.8) is 0 Å². The number of carbonyl (C=O) groups is 1. The SMILES string of the molecule is CCCC(C)COc1ccc([C@@H](NC(=O)[C@](C)(O)c2ccccc2)C(C)(C)C)cc1. The van der Waals surface area contributed by atoms with Gasteiger partial charge in [-0.25, -0.2) is 0 Å². The summed E-state index contributed by atoms with van der Waals surface area (Å²) in [7, 11) is 0. The molecule has 0 heterocycles. The Kier molecular flexibility index (Phi) is 8.08. The van der Waals surface area contributed by atoms with Crippen molar-refractivity contribution in [3.05, 3.63) is 65.7 Å². The predicted octanol–water partition coefficient (Wildman–Crippen LogP) is 5.61. The quantitative estimate of drug-likeness (QED) is 0.564. The number of hydrogen-bond acceptors (Lipinski definition) is 3. The number of carbonyl (C=O) groups excluding carboxylic acids is 1. The van der Waals surface area contributed by atoms with Crippen molar-refractivity contribution in [1.82, 2.24) is 5.32 Å². The lowest BCUT2D eigenvalue weighted by Gasteiger charge is -2.34. The third kappa shape index (κ3) is 6.33. The Bertz CT molecular complexity index is 791. The van der Waals surface area contributed by atoms with Crippen LogP contribution in [-0.2, 0) is 10.4 Å². The predicted molar refractivity (Wildman–Crippen MR) is 122 cm³/mol. The van der Waals surface area contributed by atoms with Gasteiger partial charge < -0.3 is 15.2 Å². The molecule has 0 aliphatic rings. The first kappa shape index (κ1) is 23.9. The molecule has 164 valence electrons. The Morgan fingerprint density at radius 1 is 1.03 bits per heavy atom. The van der Waals surface area contributed by atoms with E-state index in [0.29, 0.717) is 18.1 Å². The molecule has 3 atom stereocenters. The number of nitrogens with one attached hydrogen (secondary N) is 1. The van der Waals surface area contributed by atoms with Crippen molar-refractivity contribution in [1.29, 1.82) is 0 Å². The maximum atomic E-state index is 13.0. The van der Waals surface area contributed by atoms with Crippen LogP contribution in [0.3, 0.4) is 0 Å². The highest BCUT2D eigenvalue weighted by Crippen LogP contribution is 2.35. The molecule has 4 nitrogen and oxygen atoms in total. The second-order valence-corrected chi connectivity index (χ2v) is 9.48. The zero-order chi connectivity index (χ0) is 22.4. The average Bonchev–Trinajstić information content (AvgIpc) is 2.71. The molecule has 0 radical (unpaired) electrons. The molecular formula is C26H37NO3. The van der Waals surface area contributed by atoms with E-state index in [-0.39, 0.29) is 11.5 Å². The van der Waals surface area contributed by atoms with Crippen LogP contribution in [0.25, 0.3) is 0 Å². The minimum Gasteiger partial charge on any atom is -0.493 e. The summed E-state index contributed by atoms with van der Waals surface area (Å²) in [5.41, 5.74) is -0.294. The van der Waals surface area contributed by atoms with E-state index in [9.17, 15) is 9.90 Å². The zero-order valence-corrected chi connectivity index (χ0v) is 19.2. The van der Waals surface area contributed by atoms with Crippen LogP contribution < -0.4 is 10.1 Å². The number of rotatable bonds is 9. The molecule has 2 rings (SSSR count). The molecule has 30 heavy (non-hydrogen) atoms. The van der Waals surface area contributed by atoms with Gasteiger partial charge in [-0.3, -0.25) is 4.79 Å². The second kappa shape index (κ2) is 10.1. The van der Waals surface area contributed by atoms with E-state index in [2.05, 4.69) is 39.9 Å². The number of ether oxygens (including phenoxy) is 1. The summed E-state index contributed by atoms with van der Waals surface area (Å²) in [6, 6.07) is 16.7. The fourth-order valence-electron chi connectivity index (χ4n) is 3.54. The van der Waals surface area contributed by atoms with Crippen molar-refractivity contribution >= 4 is 5.91 Å². The van der Waals surface area contributed by atoms with Crippen LogP contribution in [0.2, 0.25) is 0 Å². The Morgan fingerprint density at radius 2 is 1.63 bits per heavy atom. The molecule has 1 amide bonds. The van der Waals surface area contributed by atoms with Gasteiger partial charge in [-0.2, -0.15) is 0 Å². The molecule has 2 aromatic rings. The van der Waals surface area contributed by atoms with E-state index in [0.717, 1.165) is 24.2 Å². The van der Waals surface area contributed by atoms with E-state index < -0.39 is 11.5 Å². The first-order valence-corrected chi connectivity index (χ1v) is 10.9. The summed E-state index contributed by atoms with van der Waals surface area (Å²) in [6.45, 7) is 12.8. The van der Waals surface area contributed by atoms with Crippen LogP contribution in [0.4, 0.5) is 0 Å². The summed E-state index contributed by atoms with van der Waals surface area (Å²) in [5, 5.41) is 14.0. The zero-order valence-electron chi connectivity index (χ0n) is 19.2. The summed E-state index contributed by atoms with van der Waals surface area (Å²) < 4.78 is 5.91. The highest BCUT2D eigenvalue weighted by atomic mass is 16.5. The molecule has 0 aliphatic heterocycles. The van der Waals surface area contributed by atoms with Crippen LogP contribution >= 0.6 is 0 Å². The molecule has 1 unspecified atom stereocenters. The summed E-state index contributed by atoms with van der Waals surface area (Å²) in [4.78, 5) is 13.0. The minimum absolute atomic E-state index is 0.236. The van der Waals surface area contributed by atoms with Crippen LogP contribution in [-0.4, -0.2) is 17.6 Å². The monoisotopic (exact) mass is 411 g/mol. The first-order valence-electron chi connectivity index (χ1n) is 10.9. The van der Waals surface area contributed by atoms with E-state index in [1.165, 1.54) is 6.92 Å². The molecule has 2 aromatic carbocycles. The molecule has 0 spiro atoms. The van der Waals surface area contributed by atoms with Crippen molar-refractivity contribution in [2.24, 2.45) is 11.3 Å². The van der Waals surface area contributed by atoms with Gasteiger partial charge in [0.05, 0.1) is 12.6 Å². The lowest BCUT2D eigenvalue weighted by molar-refractivity contribution is -0.140. The molecular weight excluding hydrogens is 374 g/mol. The van der Waals surface area contributed by atoms with Crippen LogP contribution in [0.15, 0.2) is 54.6 Å². The fraction of sp³-hybridized carbons (Fsp3) is 0.500. The van der Waals surface area contributed by atoms with Gasteiger partial charge in [-0.15, -0.1) is 0 Å². The minimum atomic E-state index is -1.61. The Labute approximate surface area is 181 Å². The van der Waals surface area contributed by atoms with Gasteiger partial charge in [0.1, 0.15) is 5.75 Å². The van der Waals surface area contributed by atoms with E-state index in [4.69, 9.17) is 4.74 Å². The normalized spacial score (nSPS) is 15.7. The fourth-order valence-corrected chi connectivity index (χ4v) is 3.54. The third-order valence-electron chi connectivity index (χ3n) is 5.45. The molecule has 0 saturated heterocycles. The van der Waals surface area contributed by atoms with Crippen molar-refractivity contribution in [2.45, 2.75) is 66.0 Å². The Balaban J connectivity index is 2.15. The number of aliphatic hydroxyl groups is 1. The lowest BCUT2D eigenvalue weighted by atomic mass is 9.81. The Morgan fingerprint density at radius 3 is 2.17 bits per heavy atom. The van der Waals surface area contributed by atoms with Crippen LogP contribution in [0.5, 0.6) is 5.75 Å². The summed E-state index contributed by atoms with van der Waals surface area (Å²) >= 11 is 0. The summed E-state index contributed by atoms with van der Waals surface area (Å²) in [6.07, 6.45) is 2.31. The Hall–Kier alpha value is -2.33. The van der Waals surface area contributed by atoms with Gasteiger partial charge >= 0.3 is 0 Å². The highest BCUT2D eigenvalue weighted by molar-refractivity contribution is 5.86. The topological polar surface area (TPSA) is 58.6 Å². The average molecular weight is 412 g/mol. The van der Waals surface area contributed by atoms with Gasteiger partial charge in [0.25, 0.3) is 5.91 Å². The standard InChI is InChI=1S/C26H37NO3/c1-7-11-19(2)18-30-22-16-14-20(15-17-22)23(25(3,4)5)27-24(28)26(6,29)21-12-9-8-10-13-21/h8-10,12-17,19,23,29H,7,11,18H2,1-6H3,(H,27,28)/t19?,23-,26-/m1/s1. The van der Waals surface area contributed by atoms with Gasteiger partial charge in [-0.05, 0) is 47.9 Å². The maximum Gasteiger partial charge on any atom is 0.256 e. The molecule has 0 saturated carbocycles. The third-order valence-corrected chi connectivity index (χ3v) is 5.45. The number of hydrogen-bond donors (Lipinski definition) is 2. The largest absolute Gasteiger partial charge is 0.493 e. The van der Waals surface area contributed by atoms with Gasteiger partial charge in [-0.1, -0.05) is 83.5 Å². The van der Waals surface area contributed by atoms with Crippen LogP contribution in [0, 0.1) is 11.3 Å². The van der Waals surface area contributed by atoms with Gasteiger partial charge in [0, 0.05) is 0 Å². The molecule has 4 heteroatoms. The molecule has 0 bridgehead atoms. The maximum absolute atomic E-state index is 13.0. The van der Waals surface area contributed by atoms with Crippen molar-refractivity contribution < 1.29 is 14.6 Å². The molecule has 2 N–H and O–H groups in total. The van der Waals surface area contributed by atoms with E-state index in [1.807, 2.05) is 42.5 Å². The second-order valence-electron chi connectivity index (χ2n) is 9.48. The van der Waals surface area contributed by atoms with Gasteiger partial charge in [0.2, 0.25) is 0 Å². The smallest absolute Gasteiger partial charge is 0.256 e. The first-order chi connectivity index (χ1) is 14.1. The summed E-state index contributed by atoms with van der Waals surface area (Å²) in [5.74, 6) is 0.941. The number of amides is 1. The lowest BCUT2D eigenvalue weighted by Crippen LogP contribution is -2.46.